The van der Waals surface area contributed by atoms with Gasteiger partial charge in [-0.1, -0.05) is 30.3 Å². The molecule has 160 valence electrons. The van der Waals surface area contributed by atoms with E-state index in [9.17, 15) is 5.11 Å². The lowest BCUT2D eigenvalue weighted by atomic mass is 10.1. The minimum atomic E-state index is -0.684. The Morgan fingerprint density at radius 2 is 1.58 bits per heavy atom. The molecule has 0 aliphatic carbocycles. The Labute approximate surface area is 182 Å². The fraction of sp³-hybridized carbons (Fsp3) is 0.269. The number of hydrogen-bond acceptors (Lipinski definition) is 4. The van der Waals surface area contributed by atoms with E-state index in [1.807, 2.05) is 86.0 Å². The summed E-state index contributed by atoms with van der Waals surface area (Å²) in [4.78, 5) is 4.73. The van der Waals surface area contributed by atoms with E-state index in [4.69, 9.17) is 14.5 Å². The molecule has 1 aromatic heterocycles. The van der Waals surface area contributed by atoms with Crippen molar-refractivity contribution in [3.8, 4) is 11.5 Å². The molecular formula is C26H28N2O3. The Morgan fingerprint density at radius 3 is 2.35 bits per heavy atom. The van der Waals surface area contributed by atoms with Crippen LogP contribution in [0, 0.1) is 20.8 Å². The molecule has 0 aliphatic heterocycles. The van der Waals surface area contributed by atoms with Gasteiger partial charge in [0.05, 0.1) is 17.6 Å². The Morgan fingerprint density at radius 1 is 0.839 bits per heavy atom. The number of rotatable bonds is 8. The molecule has 1 atom stereocenters. The van der Waals surface area contributed by atoms with Crippen LogP contribution in [0.3, 0.4) is 0 Å². The SMILES string of the molecule is Cc1cccc(OCc2nc3ccccc3n2CC(O)COc2cc(C)cc(C)c2)c1. The van der Waals surface area contributed by atoms with Crippen LogP contribution in [0.2, 0.25) is 0 Å². The third kappa shape index (κ3) is 5.25. The van der Waals surface area contributed by atoms with Crippen LogP contribution in [0.5, 0.6) is 11.5 Å². The Bertz CT molecular complexity index is 1160. The molecule has 5 heteroatoms. The van der Waals surface area contributed by atoms with Crippen LogP contribution in [0.1, 0.15) is 22.5 Å². The van der Waals surface area contributed by atoms with Crippen LogP contribution in [0.4, 0.5) is 0 Å². The van der Waals surface area contributed by atoms with Crippen molar-refractivity contribution in [2.75, 3.05) is 6.61 Å². The lowest BCUT2D eigenvalue weighted by Gasteiger charge is -2.16. The number of aliphatic hydroxyl groups excluding tert-OH is 1. The second kappa shape index (κ2) is 9.23. The van der Waals surface area contributed by atoms with Crippen molar-refractivity contribution in [1.82, 2.24) is 9.55 Å². The molecule has 1 heterocycles. The standard InChI is InChI=1S/C26H28N2O3/c1-18-7-6-8-22(12-18)31-17-26-27-24-9-4-5-10-25(24)28(26)15-21(29)16-30-23-13-19(2)11-20(3)14-23/h4-14,21,29H,15-17H2,1-3H3. The maximum Gasteiger partial charge on any atom is 0.148 e. The fourth-order valence-corrected chi connectivity index (χ4v) is 3.76. The van der Waals surface area contributed by atoms with Crippen molar-refractivity contribution >= 4 is 11.0 Å². The van der Waals surface area contributed by atoms with Gasteiger partial charge >= 0.3 is 0 Å². The van der Waals surface area contributed by atoms with Gasteiger partial charge in [-0.3, -0.25) is 0 Å². The number of benzene rings is 3. The molecule has 0 spiro atoms. The number of imidazole rings is 1. The van der Waals surface area contributed by atoms with Crippen molar-refractivity contribution < 1.29 is 14.6 Å². The van der Waals surface area contributed by atoms with Gasteiger partial charge in [0.1, 0.15) is 36.6 Å². The number of ether oxygens (including phenoxy) is 2. The summed E-state index contributed by atoms with van der Waals surface area (Å²) in [5.41, 5.74) is 5.27. The number of hydrogen-bond donors (Lipinski definition) is 1. The lowest BCUT2D eigenvalue weighted by molar-refractivity contribution is 0.0917. The van der Waals surface area contributed by atoms with Crippen LogP contribution < -0.4 is 9.47 Å². The summed E-state index contributed by atoms with van der Waals surface area (Å²) in [7, 11) is 0. The van der Waals surface area contributed by atoms with Gasteiger partial charge in [0.25, 0.3) is 0 Å². The monoisotopic (exact) mass is 416 g/mol. The van der Waals surface area contributed by atoms with Crippen molar-refractivity contribution in [1.29, 1.82) is 0 Å². The van der Waals surface area contributed by atoms with E-state index >= 15 is 0 Å². The first-order valence-electron chi connectivity index (χ1n) is 10.5. The van der Waals surface area contributed by atoms with E-state index in [1.54, 1.807) is 0 Å². The Balaban J connectivity index is 1.49. The summed E-state index contributed by atoms with van der Waals surface area (Å²) in [6.07, 6.45) is -0.684. The van der Waals surface area contributed by atoms with Gasteiger partial charge in [0, 0.05) is 0 Å². The zero-order valence-corrected chi connectivity index (χ0v) is 18.2. The average Bonchev–Trinajstić information content (AvgIpc) is 3.08. The molecule has 0 amide bonds. The number of aliphatic hydroxyl groups is 1. The van der Waals surface area contributed by atoms with Crippen LogP contribution in [0.25, 0.3) is 11.0 Å². The average molecular weight is 417 g/mol. The fourth-order valence-electron chi connectivity index (χ4n) is 3.76. The maximum atomic E-state index is 10.7. The summed E-state index contributed by atoms with van der Waals surface area (Å²) in [5.74, 6) is 2.35. The topological polar surface area (TPSA) is 56.5 Å². The van der Waals surface area contributed by atoms with Crippen molar-refractivity contribution in [3.05, 3.63) is 89.2 Å². The highest BCUT2D eigenvalue weighted by Gasteiger charge is 2.15. The molecule has 0 bridgehead atoms. The lowest BCUT2D eigenvalue weighted by Crippen LogP contribution is -2.25. The highest BCUT2D eigenvalue weighted by Crippen LogP contribution is 2.20. The van der Waals surface area contributed by atoms with Crippen LogP contribution >= 0.6 is 0 Å². The molecule has 4 rings (SSSR count). The highest BCUT2D eigenvalue weighted by molar-refractivity contribution is 5.75. The summed E-state index contributed by atoms with van der Waals surface area (Å²) in [5, 5.41) is 10.7. The first-order chi connectivity index (χ1) is 15.0. The molecule has 0 saturated heterocycles. The van der Waals surface area contributed by atoms with Gasteiger partial charge in [0.2, 0.25) is 0 Å². The first kappa shape index (κ1) is 20.9. The van der Waals surface area contributed by atoms with Gasteiger partial charge < -0.3 is 19.1 Å². The largest absolute Gasteiger partial charge is 0.491 e. The number of nitrogens with zero attached hydrogens (tertiary/aromatic N) is 2. The molecule has 3 aromatic carbocycles. The van der Waals surface area contributed by atoms with Crippen molar-refractivity contribution in [3.63, 3.8) is 0 Å². The van der Waals surface area contributed by atoms with Gasteiger partial charge in [-0.25, -0.2) is 4.98 Å². The van der Waals surface area contributed by atoms with Crippen molar-refractivity contribution in [2.24, 2.45) is 0 Å². The second-order valence-corrected chi connectivity index (χ2v) is 8.02. The number of fused-ring (bicyclic) bond motifs is 1. The van der Waals surface area contributed by atoms with E-state index in [2.05, 4.69) is 6.07 Å². The number of aryl methyl sites for hydroxylation is 3. The zero-order chi connectivity index (χ0) is 21.8. The molecule has 31 heavy (non-hydrogen) atoms. The van der Waals surface area contributed by atoms with Gasteiger partial charge in [-0.05, 0) is 73.9 Å². The Hall–Kier alpha value is -3.31. The molecular weight excluding hydrogens is 388 g/mol. The minimum absolute atomic E-state index is 0.202. The molecule has 0 fully saturated rings. The first-order valence-corrected chi connectivity index (χ1v) is 10.5. The normalized spacial score (nSPS) is 12.1. The second-order valence-electron chi connectivity index (χ2n) is 8.02. The molecule has 4 aromatic rings. The Kier molecular flexibility index (Phi) is 6.23. The molecule has 1 N–H and O–H groups in total. The predicted molar refractivity (Wildman–Crippen MR) is 123 cm³/mol. The summed E-state index contributed by atoms with van der Waals surface area (Å²) >= 11 is 0. The van der Waals surface area contributed by atoms with Crippen molar-refractivity contribution in [2.45, 2.75) is 40.0 Å². The van der Waals surface area contributed by atoms with Crippen LogP contribution in [-0.4, -0.2) is 27.4 Å². The molecule has 5 nitrogen and oxygen atoms in total. The summed E-state index contributed by atoms with van der Waals surface area (Å²) < 4.78 is 13.9. The molecule has 0 radical (unpaired) electrons. The van der Waals surface area contributed by atoms with Crippen LogP contribution in [0.15, 0.2) is 66.7 Å². The molecule has 0 saturated carbocycles. The smallest absolute Gasteiger partial charge is 0.148 e. The van der Waals surface area contributed by atoms with Gasteiger partial charge in [0.15, 0.2) is 0 Å². The number of para-hydroxylation sites is 2. The third-order valence-electron chi connectivity index (χ3n) is 5.12. The van der Waals surface area contributed by atoms with E-state index in [0.29, 0.717) is 13.2 Å². The van der Waals surface area contributed by atoms with Gasteiger partial charge in [-0.15, -0.1) is 0 Å². The third-order valence-corrected chi connectivity index (χ3v) is 5.12. The highest BCUT2D eigenvalue weighted by atomic mass is 16.5. The van der Waals surface area contributed by atoms with E-state index in [-0.39, 0.29) is 6.61 Å². The van der Waals surface area contributed by atoms with E-state index in [0.717, 1.165) is 45.0 Å². The molecule has 1 unspecified atom stereocenters. The summed E-state index contributed by atoms with van der Waals surface area (Å²) in [6, 6.07) is 21.9. The van der Waals surface area contributed by atoms with Gasteiger partial charge in [-0.2, -0.15) is 0 Å². The predicted octanol–water partition coefficient (Wildman–Crippen LogP) is 4.98. The van der Waals surface area contributed by atoms with E-state index in [1.165, 1.54) is 0 Å². The van der Waals surface area contributed by atoms with E-state index < -0.39 is 6.10 Å². The minimum Gasteiger partial charge on any atom is -0.491 e. The van der Waals surface area contributed by atoms with Crippen LogP contribution in [-0.2, 0) is 13.2 Å². The number of aromatic nitrogens is 2. The quantitative estimate of drug-likeness (QED) is 0.440. The molecule has 0 aliphatic rings. The zero-order valence-electron chi connectivity index (χ0n) is 18.2. The summed E-state index contributed by atoms with van der Waals surface area (Å²) in [6.45, 7) is 7.01. The maximum absolute atomic E-state index is 10.7.